The Bertz CT molecular complexity index is 781. The standard InChI is InChI=1S/C19H29F2N3O3S/c1-14-7-11-23(12-8-14)10-4-9-22-19(25)15(2)24(28(3,26)27)16-5-6-17(20)18(21)13-16/h5-6,13-15H,4,7-12H2,1-3H3,(H,22,25). The maximum absolute atomic E-state index is 13.5. The summed E-state index contributed by atoms with van der Waals surface area (Å²) < 4.78 is 51.8. The van der Waals surface area contributed by atoms with E-state index in [2.05, 4.69) is 17.1 Å². The molecule has 1 N–H and O–H groups in total. The predicted molar refractivity (Wildman–Crippen MR) is 106 cm³/mol. The zero-order valence-electron chi connectivity index (χ0n) is 16.6. The molecule has 1 fully saturated rings. The molecule has 1 heterocycles. The number of likely N-dealkylation sites (tertiary alicyclic amines) is 1. The molecular weight excluding hydrogens is 388 g/mol. The maximum atomic E-state index is 13.5. The Morgan fingerprint density at radius 3 is 2.50 bits per heavy atom. The summed E-state index contributed by atoms with van der Waals surface area (Å²) in [5.74, 6) is -1.98. The highest BCUT2D eigenvalue weighted by Gasteiger charge is 2.29. The lowest BCUT2D eigenvalue weighted by atomic mass is 9.99. The zero-order chi connectivity index (χ0) is 20.9. The van der Waals surface area contributed by atoms with E-state index in [0.717, 1.165) is 60.7 Å². The molecule has 1 atom stereocenters. The van der Waals surface area contributed by atoms with Crippen molar-refractivity contribution in [3.8, 4) is 0 Å². The predicted octanol–water partition coefficient (Wildman–Crippen LogP) is 2.36. The Balaban J connectivity index is 1.93. The minimum atomic E-state index is -3.87. The van der Waals surface area contributed by atoms with Crippen molar-refractivity contribution in [3.05, 3.63) is 29.8 Å². The first-order chi connectivity index (χ1) is 13.1. The Kier molecular flexibility index (Phi) is 7.77. The molecule has 1 saturated heterocycles. The average molecular weight is 418 g/mol. The lowest BCUT2D eigenvalue weighted by molar-refractivity contribution is -0.121. The molecule has 0 bridgehead atoms. The van der Waals surface area contributed by atoms with Crippen molar-refractivity contribution >= 4 is 21.6 Å². The molecule has 1 aliphatic heterocycles. The fraction of sp³-hybridized carbons (Fsp3) is 0.632. The molecule has 1 aliphatic rings. The van der Waals surface area contributed by atoms with Gasteiger partial charge in [0.15, 0.2) is 11.6 Å². The van der Waals surface area contributed by atoms with Gasteiger partial charge in [0.25, 0.3) is 0 Å². The highest BCUT2D eigenvalue weighted by Crippen LogP contribution is 2.23. The van der Waals surface area contributed by atoms with E-state index in [0.29, 0.717) is 6.54 Å². The Morgan fingerprint density at radius 2 is 1.93 bits per heavy atom. The van der Waals surface area contributed by atoms with E-state index in [1.807, 2.05) is 0 Å². The number of rotatable bonds is 8. The van der Waals surface area contributed by atoms with E-state index >= 15 is 0 Å². The van der Waals surface area contributed by atoms with Crippen LogP contribution in [0.4, 0.5) is 14.5 Å². The Labute approximate surface area is 165 Å². The van der Waals surface area contributed by atoms with Crippen molar-refractivity contribution in [3.63, 3.8) is 0 Å². The topological polar surface area (TPSA) is 69.7 Å². The molecule has 1 amide bonds. The summed E-state index contributed by atoms with van der Waals surface area (Å²) in [6.07, 6.45) is 4.05. The van der Waals surface area contributed by atoms with Crippen LogP contribution in [-0.4, -0.2) is 57.7 Å². The van der Waals surface area contributed by atoms with Gasteiger partial charge in [0, 0.05) is 12.6 Å². The van der Waals surface area contributed by atoms with Crippen LogP contribution >= 0.6 is 0 Å². The molecule has 0 aliphatic carbocycles. The number of nitrogens with zero attached hydrogens (tertiary/aromatic N) is 2. The molecule has 0 aromatic heterocycles. The number of anilines is 1. The van der Waals surface area contributed by atoms with Gasteiger partial charge in [0.05, 0.1) is 11.9 Å². The second-order valence-electron chi connectivity index (χ2n) is 7.50. The quantitative estimate of drug-likeness (QED) is 0.660. The van der Waals surface area contributed by atoms with Crippen LogP contribution in [0.5, 0.6) is 0 Å². The van der Waals surface area contributed by atoms with Gasteiger partial charge in [-0.15, -0.1) is 0 Å². The number of carbonyl (C=O) groups is 1. The van der Waals surface area contributed by atoms with Gasteiger partial charge in [0.2, 0.25) is 15.9 Å². The molecule has 0 saturated carbocycles. The van der Waals surface area contributed by atoms with Crippen LogP contribution in [0.15, 0.2) is 18.2 Å². The van der Waals surface area contributed by atoms with Gasteiger partial charge in [-0.2, -0.15) is 0 Å². The summed E-state index contributed by atoms with van der Waals surface area (Å²) in [6.45, 7) is 7.08. The minimum Gasteiger partial charge on any atom is -0.354 e. The van der Waals surface area contributed by atoms with E-state index in [-0.39, 0.29) is 5.69 Å². The second-order valence-corrected chi connectivity index (χ2v) is 9.36. The Hall–Kier alpha value is -1.74. The zero-order valence-corrected chi connectivity index (χ0v) is 17.4. The van der Waals surface area contributed by atoms with E-state index in [9.17, 15) is 22.0 Å². The first-order valence-corrected chi connectivity index (χ1v) is 11.4. The number of amides is 1. The summed E-state index contributed by atoms with van der Waals surface area (Å²) in [5.41, 5.74) is -0.0912. The molecule has 1 aromatic carbocycles. The van der Waals surface area contributed by atoms with E-state index < -0.39 is 33.6 Å². The van der Waals surface area contributed by atoms with Gasteiger partial charge in [-0.05, 0) is 63.9 Å². The number of sulfonamides is 1. The fourth-order valence-corrected chi connectivity index (χ4v) is 4.55. The number of hydrogen-bond donors (Lipinski definition) is 1. The molecule has 28 heavy (non-hydrogen) atoms. The van der Waals surface area contributed by atoms with Gasteiger partial charge in [-0.25, -0.2) is 17.2 Å². The summed E-state index contributed by atoms with van der Waals surface area (Å²) in [6, 6.07) is 1.67. The molecule has 158 valence electrons. The summed E-state index contributed by atoms with van der Waals surface area (Å²) >= 11 is 0. The van der Waals surface area contributed by atoms with Crippen LogP contribution in [0, 0.1) is 17.6 Å². The molecule has 1 aromatic rings. The molecular formula is C19H29F2N3O3S. The van der Waals surface area contributed by atoms with Crippen LogP contribution in [0.25, 0.3) is 0 Å². The third-order valence-corrected chi connectivity index (χ3v) is 6.31. The van der Waals surface area contributed by atoms with Crippen LogP contribution < -0.4 is 9.62 Å². The van der Waals surface area contributed by atoms with E-state index in [1.165, 1.54) is 19.8 Å². The number of hydrogen-bond acceptors (Lipinski definition) is 4. The summed E-state index contributed by atoms with van der Waals surface area (Å²) in [4.78, 5) is 14.8. The van der Waals surface area contributed by atoms with Gasteiger partial charge in [-0.1, -0.05) is 6.92 Å². The summed E-state index contributed by atoms with van der Waals surface area (Å²) in [7, 11) is -3.87. The average Bonchev–Trinajstić information content (AvgIpc) is 2.62. The van der Waals surface area contributed by atoms with Crippen LogP contribution in [0.1, 0.15) is 33.1 Å². The second kappa shape index (κ2) is 9.65. The van der Waals surface area contributed by atoms with E-state index in [1.54, 1.807) is 0 Å². The largest absolute Gasteiger partial charge is 0.354 e. The number of carbonyl (C=O) groups excluding carboxylic acids is 1. The third kappa shape index (κ3) is 6.13. The fourth-order valence-electron chi connectivity index (χ4n) is 3.38. The molecule has 1 unspecified atom stereocenters. The SMILES string of the molecule is CC1CCN(CCCNC(=O)C(C)N(c2ccc(F)c(F)c2)S(C)(=O)=O)CC1. The van der Waals surface area contributed by atoms with Gasteiger partial charge in [0.1, 0.15) is 6.04 Å². The highest BCUT2D eigenvalue weighted by atomic mass is 32.2. The minimum absolute atomic E-state index is 0.0912. The summed E-state index contributed by atoms with van der Waals surface area (Å²) in [5, 5.41) is 2.74. The van der Waals surface area contributed by atoms with Crippen molar-refractivity contribution in [1.29, 1.82) is 0 Å². The Morgan fingerprint density at radius 1 is 1.29 bits per heavy atom. The highest BCUT2D eigenvalue weighted by molar-refractivity contribution is 7.92. The number of nitrogens with one attached hydrogen (secondary N) is 1. The lowest BCUT2D eigenvalue weighted by Crippen LogP contribution is -2.48. The van der Waals surface area contributed by atoms with Crippen LogP contribution in [0.2, 0.25) is 0 Å². The van der Waals surface area contributed by atoms with Crippen molar-refractivity contribution in [2.45, 2.75) is 39.2 Å². The normalized spacial score (nSPS) is 17.3. The van der Waals surface area contributed by atoms with Crippen molar-refractivity contribution < 1.29 is 22.0 Å². The lowest BCUT2D eigenvalue weighted by Gasteiger charge is -2.30. The van der Waals surface area contributed by atoms with Gasteiger partial charge < -0.3 is 10.2 Å². The molecule has 9 heteroatoms. The number of piperidine rings is 1. The smallest absolute Gasteiger partial charge is 0.243 e. The molecule has 0 spiro atoms. The number of halogens is 2. The third-order valence-electron chi connectivity index (χ3n) is 5.07. The van der Waals surface area contributed by atoms with Crippen LogP contribution in [0.3, 0.4) is 0 Å². The first kappa shape index (κ1) is 22.5. The molecule has 0 radical (unpaired) electrons. The van der Waals surface area contributed by atoms with Gasteiger partial charge in [-0.3, -0.25) is 9.10 Å². The molecule has 2 rings (SSSR count). The number of benzene rings is 1. The maximum Gasteiger partial charge on any atom is 0.243 e. The monoisotopic (exact) mass is 417 g/mol. The van der Waals surface area contributed by atoms with Crippen molar-refractivity contribution in [1.82, 2.24) is 10.2 Å². The van der Waals surface area contributed by atoms with Crippen molar-refractivity contribution in [2.75, 3.05) is 36.7 Å². The van der Waals surface area contributed by atoms with Crippen molar-refractivity contribution in [2.24, 2.45) is 5.92 Å². The molecule has 6 nitrogen and oxygen atoms in total. The first-order valence-electron chi connectivity index (χ1n) is 9.54. The van der Waals surface area contributed by atoms with E-state index in [4.69, 9.17) is 0 Å². The van der Waals surface area contributed by atoms with Gasteiger partial charge >= 0.3 is 0 Å². The van der Waals surface area contributed by atoms with Crippen LogP contribution in [-0.2, 0) is 14.8 Å².